The van der Waals surface area contributed by atoms with E-state index in [2.05, 4.69) is 15.6 Å². The van der Waals surface area contributed by atoms with E-state index in [0.29, 0.717) is 16.6 Å². The van der Waals surface area contributed by atoms with Gasteiger partial charge in [-0.2, -0.15) is 0 Å². The van der Waals surface area contributed by atoms with Crippen LogP contribution in [0.2, 0.25) is 5.02 Å². The molecule has 0 saturated heterocycles. The number of thioether (sulfide) groups is 1. The summed E-state index contributed by atoms with van der Waals surface area (Å²) in [6.45, 7) is 0. The van der Waals surface area contributed by atoms with E-state index in [1.54, 1.807) is 6.20 Å². The van der Waals surface area contributed by atoms with Gasteiger partial charge < -0.3 is 10.6 Å². The smallest absolute Gasteiger partial charge is 0.238 e. The lowest BCUT2D eigenvalue weighted by Crippen LogP contribution is -2.32. The molecule has 2 amide bonds. The fourth-order valence-electron chi connectivity index (χ4n) is 2.84. The predicted molar refractivity (Wildman–Crippen MR) is 114 cm³/mol. The summed E-state index contributed by atoms with van der Waals surface area (Å²) in [6, 6.07) is 15.2. The SMILES string of the molecule is O=C(CC1Sc2ccccc2NC1=O)Nc1ncc(Cc2ccccc2Cl)s1. The Labute approximate surface area is 175 Å². The van der Waals surface area contributed by atoms with Gasteiger partial charge in [0.15, 0.2) is 5.13 Å². The normalized spacial score (nSPS) is 15.6. The fraction of sp³-hybridized carbons (Fsp3) is 0.150. The van der Waals surface area contributed by atoms with Gasteiger partial charge in [0.2, 0.25) is 11.8 Å². The Morgan fingerprint density at radius 1 is 1.18 bits per heavy atom. The number of nitrogens with one attached hydrogen (secondary N) is 2. The molecule has 28 heavy (non-hydrogen) atoms. The van der Waals surface area contributed by atoms with Crippen LogP contribution in [0.25, 0.3) is 0 Å². The molecular formula is C20H16ClN3O2S2. The second-order valence-corrected chi connectivity index (χ2v) is 9.01. The van der Waals surface area contributed by atoms with Crippen LogP contribution in [0.3, 0.4) is 0 Å². The van der Waals surface area contributed by atoms with Crippen molar-refractivity contribution >= 4 is 57.3 Å². The van der Waals surface area contributed by atoms with Gasteiger partial charge in [0, 0.05) is 33.8 Å². The van der Waals surface area contributed by atoms with E-state index in [4.69, 9.17) is 11.6 Å². The van der Waals surface area contributed by atoms with Gasteiger partial charge in [-0.1, -0.05) is 41.9 Å². The van der Waals surface area contributed by atoms with Crippen molar-refractivity contribution in [3.63, 3.8) is 0 Å². The highest BCUT2D eigenvalue weighted by Crippen LogP contribution is 2.36. The molecule has 0 fully saturated rings. The number of thiazole rings is 1. The van der Waals surface area contributed by atoms with Gasteiger partial charge in [0.1, 0.15) is 0 Å². The molecule has 1 aliphatic rings. The quantitative estimate of drug-likeness (QED) is 0.609. The summed E-state index contributed by atoms with van der Waals surface area (Å²) in [7, 11) is 0. The van der Waals surface area contributed by atoms with E-state index < -0.39 is 5.25 Å². The van der Waals surface area contributed by atoms with Crippen molar-refractivity contribution < 1.29 is 9.59 Å². The Balaban J connectivity index is 1.36. The summed E-state index contributed by atoms with van der Waals surface area (Å²) >= 11 is 9.01. The van der Waals surface area contributed by atoms with Crippen LogP contribution in [0, 0.1) is 0 Å². The number of anilines is 2. The number of carbonyl (C=O) groups is 2. The standard InChI is InChI=1S/C20H16ClN3O2S2/c21-14-6-2-1-5-12(14)9-13-11-22-20(27-13)24-18(25)10-17-19(26)23-15-7-3-4-8-16(15)28-17/h1-8,11,17H,9-10H2,(H,23,26)(H,22,24,25). The van der Waals surface area contributed by atoms with Crippen LogP contribution in [-0.2, 0) is 16.0 Å². The molecule has 2 aromatic carbocycles. The molecule has 0 bridgehead atoms. The van der Waals surface area contributed by atoms with Gasteiger partial charge >= 0.3 is 0 Å². The molecule has 1 atom stereocenters. The van der Waals surface area contributed by atoms with Gasteiger partial charge in [0.25, 0.3) is 0 Å². The zero-order valence-corrected chi connectivity index (χ0v) is 17.0. The zero-order chi connectivity index (χ0) is 19.5. The van der Waals surface area contributed by atoms with Crippen LogP contribution in [0.5, 0.6) is 0 Å². The average molecular weight is 430 g/mol. The molecule has 0 aliphatic carbocycles. The Kier molecular flexibility index (Phi) is 5.66. The van der Waals surface area contributed by atoms with E-state index in [-0.39, 0.29) is 18.2 Å². The highest BCUT2D eigenvalue weighted by molar-refractivity contribution is 8.01. The molecule has 2 heterocycles. The summed E-state index contributed by atoms with van der Waals surface area (Å²) in [5, 5.41) is 6.42. The van der Waals surface area contributed by atoms with E-state index in [0.717, 1.165) is 21.0 Å². The number of nitrogens with zero attached hydrogens (tertiary/aromatic N) is 1. The minimum atomic E-state index is -0.461. The molecule has 0 radical (unpaired) electrons. The number of halogens is 1. The van der Waals surface area contributed by atoms with Gasteiger partial charge in [-0.25, -0.2) is 4.98 Å². The molecule has 142 valence electrons. The van der Waals surface area contributed by atoms with Crippen LogP contribution >= 0.6 is 34.7 Å². The molecule has 3 aromatic rings. The van der Waals surface area contributed by atoms with Crippen molar-refractivity contribution in [2.24, 2.45) is 0 Å². The number of rotatable bonds is 5. The number of aromatic nitrogens is 1. The maximum Gasteiger partial charge on any atom is 0.238 e. The number of amides is 2. The first-order chi connectivity index (χ1) is 13.6. The van der Waals surface area contributed by atoms with Crippen LogP contribution in [0.15, 0.2) is 59.6 Å². The number of fused-ring (bicyclic) bond motifs is 1. The predicted octanol–water partition coefficient (Wildman–Crippen LogP) is 4.83. The van der Waals surface area contributed by atoms with Crippen LogP contribution in [0.4, 0.5) is 10.8 Å². The minimum absolute atomic E-state index is 0.0876. The van der Waals surface area contributed by atoms with Crippen molar-refractivity contribution in [1.82, 2.24) is 4.98 Å². The third kappa shape index (κ3) is 4.38. The monoisotopic (exact) mass is 429 g/mol. The number of hydrogen-bond acceptors (Lipinski definition) is 5. The first-order valence-electron chi connectivity index (χ1n) is 8.63. The maximum absolute atomic E-state index is 12.4. The van der Waals surface area contributed by atoms with Crippen LogP contribution in [0.1, 0.15) is 16.9 Å². The molecule has 0 saturated carbocycles. The minimum Gasteiger partial charge on any atom is -0.324 e. The second-order valence-electron chi connectivity index (χ2n) is 6.24. The number of para-hydroxylation sites is 1. The summed E-state index contributed by atoms with van der Waals surface area (Å²) < 4.78 is 0. The maximum atomic E-state index is 12.4. The van der Waals surface area contributed by atoms with Gasteiger partial charge in [-0.05, 0) is 23.8 Å². The van der Waals surface area contributed by atoms with Gasteiger partial charge in [-0.3, -0.25) is 9.59 Å². The zero-order valence-electron chi connectivity index (χ0n) is 14.6. The van der Waals surface area contributed by atoms with E-state index in [1.165, 1.54) is 23.1 Å². The Bertz CT molecular complexity index is 1040. The third-order valence-corrected chi connectivity index (χ3v) is 6.76. The largest absolute Gasteiger partial charge is 0.324 e. The third-order valence-electron chi connectivity index (χ3n) is 4.20. The molecule has 1 unspecified atom stereocenters. The van der Waals surface area contributed by atoms with E-state index >= 15 is 0 Å². The Hall–Kier alpha value is -2.35. The van der Waals surface area contributed by atoms with Crippen molar-refractivity contribution in [2.75, 3.05) is 10.6 Å². The molecule has 8 heteroatoms. The lowest BCUT2D eigenvalue weighted by Gasteiger charge is -2.23. The molecule has 5 nitrogen and oxygen atoms in total. The van der Waals surface area contributed by atoms with Crippen LogP contribution in [-0.4, -0.2) is 22.0 Å². The summed E-state index contributed by atoms with van der Waals surface area (Å²) in [5.74, 6) is -0.386. The molecule has 1 aliphatic heterocycles. The number of carbonyl (C=O) groups excluding carboxylic acids is 2. The molecule has 4 rings (SSSR count). The topological polar surface area (TPSA) is 71.1 Å². The fourth-order valence-corrected chi connectivity index (χ4v) is 5.01. The number of benzene rings is 2. The van der Waals surface area contributed by atoms with Gasteiger partial charge in [-0.15, -0.1) is 23.1 Å². The van der Waals surface area contributed by atoms with E-state index in [1.807, 2.05) is 48.5 Å². The molecule has 0 spiro atoms. The lowest BCUT2D eigenvalue weighted by atomic mass is 10.1. The van der Waals surface area contributed by atoms with Crippen molar-refractivity contribution in [2.45, 2.75) is 23.0 Å². The first kappa shape index (κ1) is 19.0. The van der Waals surface area contributed by atoms with Crippen LogP contribution < -0.4 is 10.6 Å². The highest BCUT2D eigenvalue weighted by atomic mass is 35.5. The second kappa shape index (κ2) is 8.34. The number of hydrogen-bond donors (Lipinski definition) is 2. The lowest BCUT2D eigenvalue weighted by molar-refractivity contribution is -0.120. The Morgan fingerprint density at radius 3 is 2.82 bits per heavy atom. The molecule has 2 N–H and O–H groups in total. The van der Waals surface area contributed by atoms with E-state index in [9.17, 15) is 9.59 Å². The summed E-state index contributed by atoms with van der Waals surface area (Å²) in [6.07, 6.45) is 2.48. The van der Waals surface area contributed by atoms with Crippen molar-refractivity contribution in [3.05, 3.63) is 70.2 Å². The average Bonchev–Trinajstić information content (AvgIpc) is 3.11. The van der Waals surface area contributed by atoms with Crippen molar-refractivity contribution in [1.29, 1.82) is 0 Å². The Morgan fingerprint density at radius 2 is 1.96 bits per heavy atom. The molecule has 1 aromatic heterocycles. The van der Waals surface area contributed by atoms with Gasteiger partial charge in [0.05, 0.1) is 10.9 Å². The highest BCUT2D eigenvalue weighted by Gasteiger charge is 2.29. The summed E-state index contributed by atoms with van der Waals surface area (Å²) in [5.41, 5.74) is 1.80. The summed E-state index contributed by atoms with van der Waals surface area (Å²) in [4.78, 5) is 30.9. The molecular weight excluding hydrogens is 414 g/mol. The first-order valence-corrected chi connectivity index (χ1v) is 10.7. The van der Waals surface area contributed by atoms with Crippen molar-refractivity contribution in [3.8, 4) is 0 Å².